The number of Topliss-reactive ketones (excluding diaryl/α,β-unsaturated/α-hetero) is 1. The summed E-state index contributed by atoms with van der Waals surface area (Å²) in [5.74, 6) is 2.85. The predicted octanol–water partition coefficient (Wildman–Crippen LogP) is 0.870. The summed E-state index contributed by atoms with van der Waals surface area (Å²) in [4.78, 5) is 15.9. The van der Waals surface area contributed by atoms with Crippen molar-refractivity contribution in [3.63, 3.8) is 0 Å². The molecule has 0 aliphatic carbocycles. The first-order valence-electron chi connectivity index (χ1n) is 5.78. The summed E-state index contributed by atoms with van der Waals surface area (Å²) in [7, 11) is 0. The van der Waals surface area contributed by atoms with Gasteiger partial charge >= 0.3 is 0 Å². The Hall–Kier alpha value is -1.07. The van der Waals surface area contributed by atoms with Crippen LogP contribution in [0.2, 0.25) is 0 Å². The highest BCUT2D eigenvalue weighted by Gasteiger charge is 2.17. The van der Waals surface area contributed by atoms with Crippen molar-refractivity contribution in [3.05, 3.63) is 23.9 Å². The molecule has 5 heteroatoms. The van der Waals surface area contributed by atoms with Gasteiger partial charge in [-0.25, -0.2) is 4.98 Å². The lowest BCUT2D eigenvalue weighted by molar-refractivity contribution is -0.118. The molecule has 17 heavy (non-hydrogen) atoms. The lowest BCUT2D eigenvalue weighted by Gasteiger charge is -2.22. The highest BCUT2D eigenvalue weighted by Crippen LogP contribution is 2.13. The quantitative estimate of drug-likeness (QED) is 0.831. The van der Waals surface area contributed by atoms with Gasteiger partial charge in [-0.1, -0.05) is 6.07 Å². The van der Waals surface area contributed by atoms with E-state index in [1.807, 2.05) is 23.9 Å². The van der Waals surface area contributed by atoms with Crippen LogP contribution >= 0.6 is 11.8 Å². The summed E-state index contributed by atoms with van der Waals surface area (Å²) >= 11 is 1.90. The summed E-state index contributed by atoms with van der Waals surface area (Å²) in [6.07, 6.45) is 2.62. The minimum atomic E-state index is 0.227. The molecule has 0 spiro atoms. The van der Waals surface area contributed by atoms with Gasteiger partial charge in [-0.15, -0.1) is 0 Å². The molecule has 0 radical (unpaired) electrons. The van der Waals surface area contributed by atoms with E-state index in [-0.39, 0.29) is 5.78 Å². The zero-order valence-corrected chi connectivity index (χ0v) is 10.5. The van der Waals surface area contributed by atoms with Gasteiger partial charge in [-0.2, -0.15) is 11.8 Å². The maximum absolute atomic E-state index is 11.9. The number of thioether (sulfide) groups is 1. The molecule has 2 heterocycles. The normalized spacial score (nSPS) is 20.1. The molecule has 1 aromatic rings. The lowest BCUT2D eigenvalue weighted by atomic mass is 10.0. The smallest absolute Gasteiger partial charge is 0.138 e. The van der Waals surface area contributed by atoms with Crippen molar-refractivity contribution in [2.45, 2.75) is 18.9 Å². The van der Waals surface area contributed by atoms with E-state index in [4.69, 9.17) is 5.73 Å². The Morgan fingerprint density at radius 3 is 3.24 bits per heavy atom. The average molecular weight is 251 g/mol. The van der Waals surface area contributed by atoms with Gasteiger partial charge in [0.1, 0.15) is 11.6 Å². The molecule has 1 saturated heterocycles. The van der Waals surface area contributed by atoms with Gasteiger partial charge in [0.15, 0.2) is 0 Å². The molecule has 3 N–H and O–H groups in total. The zero-order chi connectivity index (χ0) is 12.1. The SMILES string of the molecule is Nc1ncccc1CC(=O)CC1CSCCN1. The third kappa shape index (κ3) is 3.71. The summed E-state index contributed by atoms with van der Waals surface area (Å²) in [5.41, 5.74) is 6.55. The first-order chi connectivity index (χ1) is 8.25. The second kappa shape index (κ2) is 6.02. The topological polar surface area (TPSA) is 68.0 Å². The van der Waals surface area contributed by atoms with Crippen molar-refractivity contribution < 1.29 is 4.79 Å². The minimum Gasteiger partial charge on any atom is -0.383 e. The van der Waals surface area contributed by atoms with E-state index >= 15 is 0 Å². The van der Waals surface area contributed by atoms with E-state index < -0.39 is 0 Å². The maximum Gasteiger partial charge on any atom is 0.138 e. The van der Waals surface area contributed by atoms with Crippen molar-refractivity contribution in [2.24, 2.45) is 0 Å². The molecular weight excluding hydrogens is 234 g/mol. The summed E-state index contributed by atoms with van der Waals surface area (Å²) < 4.78 is 0. The van der Waals surface area contributed by atoms with Crippen LogP contribution in [0.25, 0.3) is 0 Å². The molecule has 0 aromatic carbocycles. The number of nitrogens with two attached hydrogens (primary N) is 1. The van der Waals surface area contributed by atoms with Crippen LogP contribution in [0.5, 0.6) is 0 Å². The lowest BCUT2D eigenvalue weighted by Crippen LogP contribution is -2.39. The Labute approximate surface area is 105 Å². The monoisotopic (exact) mass is 251 g/mol. The number of nitrogens with one attached hydrogen (secondary N) is 1. The van der Waals surface area contributed by atoms with Crippen LogP contribution in [0.4, 0.5) is 5.82 Å². The number of rotatable bonds is 4. The number of pyridine rings is 1. The fourth-order valence-electron chi connectivity index (χ4n) is 1.91. The first kappa shape index (κ1) is 12.4. The molecule has 1 aromatic heterocycles. The third-order valence-corrected chi connectivity index (χ3v) is 3.92. The molecule has 1 atom stereocenters. The maximum atomic E-state index is 11.9. The van der Waals surface area contributed by atoms with Crippen LogP contribution in [-0.4, -0.2) is 34.9 Å². The van der Waals surface area contributed by atoms with E-state index in [1.54, 1.807) is 6.20 Å². The number of carbonyl (C=O) groups is 1. The number of aromatic nitrogens is 1. The molecule has 1 aliphatic rings. The molecule has 92 valence electrons. The number of anilines is 1. The van der Waals surface area contributed by atoms with Crippen molar-refractivity contribution in [1.82, 2.24) is 10.3 Å². The minimum absolute atomic E-state index is 0.227. The molecule has 4 nitrogen and oxygen atoms in total. The number of carbonyl (C=O) groups excluding carboxylic acids is 1. The molecule has 0 amide bonds. The molecule has 1 fully saturated rings. The van der Waals surface area contributed by atoms with E-state index in [0.717, 1.165) is 23.6 Å². The zero-order valence-electron chi connectivity index (χ0n) is 9.69. The molecule has 0 saturated carbocycles. The number of ketones is 1. The largest absolute Gasteiger partial charge is 0.383 e. The predicted molar refractivity (Wildman–Crippen MR) is 71.1 cm³/mol. The van der Waals surface area contributed by atoms with Gasteiger partial charge in [0.2, 0.25) is 0 Å². The fraction of sp³-hybridized carbons (Fsp3) is 0.500. The summed E-state index contributed by atoms with van der Waals surface area (Å²) in [5, 5.41) is 3.36. The molecular formula is C12H17N3OS. The van der Waals surface area contributed by atoms with Crippen molar-refractivity contribution in [2.75, 3.05) is 23.8 Å². The number of nitrogens with zero attached hydrogens (tertiary/aromatic N) is 1. The van der Waals surface area contributed by atoms with Gasteiger partial charge < -0.3 is 11.1 Å². The van der Waals surface area contributed by atoms with Crippen LogP contribution in [0.15, 0.2) is 18.3 Å². The van der Waals surface area contributed by atoms with Crippen LogP contribution in [0, 0.1) is 0 Å². The van der Waals surface area contributed by atoms with Crippen molar-refractivity contribution >= 4 is 23.4 Å². The van der Waals surface area contributed by atoms with Crippen LogP contribution in [-0.2, 0) is 11.2 Å². The van der Waals surface area contributed by atoms with Crippen LogP contribution < -0.4 is 11.1 Å². The van der Waals surface area contributed by atoms with E-state index in [9.17, 15) is 4.79 Å². The highest BCUT2D eigenvalue weighted by molar-refractivity contribution is 7.99. The second-order valence-corrected chi connectivity index (χ2v) is 5.34. The highest BCUT2D eigenvalue weighted by atomic mass is 32.2. The number of hydrogen-bond acceptors (Lipinski definition) is 5. The standard InChI is InChI=1S/C12H17N3OS/c13-12-9(2-1-3-15-12)6-11(16)7-10-8-17-5-4-14-10/h1-3,10,14H,4-8H2,(H2,13,15). The van der Waals surface area contributed by atoms with Gasteiger partial charge in [-0.3, -0.25) is 4.79 Å². The summed E-state index contributed by atoms with van der Waals surface area (Å²) in [6.45, 7) is 0.998. The fourth-order valence-corrected chi connectivity index (χ4v) is 2.86. The second-order valence-electron chi connectivity index (χ2n) is 4.19. The summed E-state index contributed by atoms with van der Waals surface area (Å²) in [6, 6.07) is 4.00. The Morgan fingerprint density at radius 1 is 1.65 bits per heavy atom. The molecule has 0 bridgehead atoms. The van der Waals surface area contributed by atoms with E-state index in [2.05, 4.69) is 10.3 Å². The van der Waals surface area contributed by atoms with E-state index in [1.165, 1.54) is 0 Å². The van der Waals surface area contributed by atoms with Gasteiger partial charge in [0.25, 0.3) is 0 Å². The Balaban J connectivity index is 1.86. The van der Waals surface area contributed by atoms with Gasteiger partial charge in [0, 0.05) is 48.7 Å². The Kier molecular flexibility index (Phi) is 4.39. The van der Waals surface area contributed by atoms with Gasteiger partial charge in [-0.05, 0) is 6.07 Å². The molecule has 2 rings (SSSR count). The average Bonchev–Trinajstić information content (AvgIpc) is 2.33. The molecule has 1 unspecified atom stereocenters. The Bertz CT molecular complexity index is 391. The third-order valence-electron chi connectivity index (χ3n) is 2.79. The molecule has 1 aliphatic heterocycles. The number of nitrogen functional groups attached to an aromatic ring is 1. The van der Waals surface area contributed by atoms with Crippen LogP contribution in [0.3, 0.4) is 0 Å². The van der Waals surface area contributed by atoms with E-state index in [0.29, 0.717) is 24.7 Å². The Morgan fingerprint density at radius 2 is 2.53 bits per heavy atom. The van der Waals surface area contributed by atoms with Crippen molar-refractivity contribution in [3.8, 4) is 0 Å². The first-order valence-corrected chi connectivity index (χ1v) is 6.93. The number of hydrogen-bond donors (Lipinski definition) is 2. The van der Waals surface area contributed by atoms with Gasteiger partial charge in [0.05, 0.1) is 0 Å². The van der Waals surface area contributed by atoms with Crippen molar-refractivity contribution in [1.29, 1.82) is 0 Å². The van der Waals surface area contributed by atoms with Crippen LogP contribution in [0.1, 0.15) is 12.0 Å².